The molecule has 0 heterocycles. The van der Waals surface area contributed by atoms with Crippen LogP contribution in [0.1, 0.15) is 77.3 Å². The highest BCUT2D eigenvalue weighted by molar-refractivity contribution is 7.48. The highest BCUT2D eigenvalue weighted by Crippen LogP contribution is 2.49. The summed E-state index contributed by atoms with van der Waals surface area (Å²) in [6, 6.07) is 8.41. The summed E-state index contributed by atoms with van der Waals surface area (Å²) in [6.45, 7) is 10.8. The molecule has 0 aromatic heterocycles. The minimum atomic E-state index is -3.42. The molecule has 1 unspecified atom stereocenters. The van der Waals surface area contributed by atoms with Crippen molar-refractivity contribution >= 4 is 13.6 Å². The molecule has 0 N–H and O–H groups in total. The van der Waals surface area contributed by atoms with Crippen LogP contribution in [0.4, 0.5) is 0 Å². The lowest BCUT2D eigenvalue weighted by Gasteiger charge is -2.16. The van der Waals surface area contributed by atoms with Gasteiger partial charge in [0.15, 0.2) is 0 Å². The third-order valence-corrected chi connectivity index (χ3v) is 6.15. The molecule has 0 saturated carbocycles. The number of phosphoric acid groups is 1. The first-order valence-electron chi connectivity index (χ1n) is 10.5. The van der Waals surface area contributed by atoms with E-state index in [4.69, 9.17) is 13.6 Å². The van der Waals surface area contributed by atoms with Gasteiger partial charge >= 0.3 is 7.82 Å². The average Bonchev–Trinajstić information content (AvgIpc) is 2.64. The third kappa shape index (κ3) is 9.47. The van der Waals surface area contributed by atoms with Crippen molar-refractivity contribution in [1.29, 1.82) is 0 Å². The third-order valence-electron chi connectivity index (χ3n) is 4.50. The molecule has 0 amide bonds. The maximum Gasteiger partial charge on any atom is 0.474 e. The first kappa shape index (κ1) is 25.0. The van der Waals surface area contributed by atoms with E-state index in [1.807, 2.05) is 6.92 Å². The van der Waals surface area contributed by atoms with Gasteiger partial charge < -0.3 is 0 Å². The number of carbonyl (C=O) groups excluding carboxylic acids is 1. The molecule has 160 valence electrons. The van der Waals surface area contributed by atoms with Crippen LogP contribution in [-0.2, 0) is 29.4 Å². The van der Waals surface area contributed by atoms with E-state index in [-0.39, 0.29) is 24.9 Å². The molecule has 0 aliphatic carbocycles. The van der Waals surface area contributed by atoms with Gasteiger partial charge in [-0.25, -0.2) is 4.57 Å². The fraction of sp³-hybridized carbons (Fsp3) is 0.682. The van der Waals surface area contributed by atoms with Gasteiger partial charge in [-0.15, -0.1) is 0 Å². The summed E-state index contributed by atoms with van der Waals surface area (Å²) in [4.78, 5) is 12.5. The van der Waals surface area contributed by atoms with E-state index >= 15 is 0 Å². The van der Waals surface area contributed by atoms with Crippen LogP contribution < -0.4 is 0 Å². The topological polar surface area (TPSA) is 61.8 Å². The number of rotatable bonds is 15. The summed E-state index contributed by atoms with van der Waals surface area (Å²) in [6.07, 6.45) is 3.96. The summed E-state index contributed by atoms with van der Waals surface area (Å²) >= 11 is 0. The molecular weight excluding hydrogens is 375 g/mol. The number of Topliss-reactive ketones (excluding diaryl/α,β-unsaturated/α-hetero) is 1. The van der Waals surface area contributed by atoms with Gasteiger partial charge in [-0.3, -0.25) is 18.4 Å². The van der Waals surface area contributed by atoms with Gasteiger partial charge in [-0.2, -0.15) is 0 Å². The van der Waals surface area contributed by atoms with Crippen molar-refractivity contribution in [2.75, 3.05) is 19.8 Å². The van der Waals surface area contributed by atoms with E-state index in [0.29, 0.717) is 18.9 Å². The van der Waals surface area contributed by atoms with Gasteiger partial charge in [0.25, 0.3) is 0 Å². The number of ketones is 1. The van der Waals surface area contributed by atoms with Crippen molar-refractivity contribution in [2.24, 2.45) is 5.92 Å². The van der Waals surface area contributed by atoms with Crippen LogP contribution in [0.5, 0.6) is 0 Å². The van der Waals surface area contributed by atoms with E-state index in [9.17, 15) is 9.36 Å². The molecule has 0 spiro atoms. The van der Waals surface area contributed by atoms with E-state index in [0.717, 1.165) is 31.2 Å². The van der Waals surface area contributed by atoms with E-state index in [1.54, 1.807) is 13.8 Å². The molecule has 0 fully saturated rings. The van der Waals surface area contributed by atoms with E-state index in [2.05, 4.69) is 38.1 Å². The Morgan fingerprint density at radius 3 is 2.07 bits per heavy atom. The summed E-state index contributed by atoms with van der Waals surface area (Å²) in [5, 5.41) is 0. The van der Waals surface area contributed by atoms with Crippen LogP contribution in [-0.4, -0.2) is 25.6 Å². The molecule has 28 heavy (non-hydrogen) atoms. The second-order valence-electron chi connectivity index (χ2n) is 7.45. The highest BCUT2D eigenvalue weighted by atomic mass is 31.2. The molecule has 0 saturated heterocycles. The zero-order valence-corrected chi connectivity index (χ0v) is 19.0. The van der Waals surface area contributed by atoms with Crippen molar-refractivity contribution < 1.29 is 22.9 Å². The van der Waals surface area contributed by atoms with Gasteiger partial charge in [0, 0.05) is 12.3 Å². The van der Waals surface area contributed by atoms with Crippen molar-refractivity contribution in [3.8, 4) is 0 Å². The largest absolute Gasteiger partial charge is 0.474 e. The number of benzene rings is 1. The SMILES string of the molecule is CCOP(=O)(OCC)OCCCCCC(=O)C(C)c1ccc(CC(C)C)cc1. The molecule has 1 rings (SSSR count). The van der Waals surface area contributed by atoms with E-state index in [1.165, 1.54) is 5.56 Å². The van der Waals surface area contributed by atoms with Crippen LogP contribution in [0.25, 0.3) is 0 Å². The summed E-state index contributed by atoms with van der Waals surface area (Å²) in [5.74, 6) is 0.803. The smallest absolute Gasteiger partial charge is 0.299 e. The predicted octanol–water partition coefficient (Wildman–Crippen LogP) is 6.32. The van der Waals surface area contributed by atoms with Crippen LogP contribution in [0.3, 0.4) is 0 Å². The highest BCUT2D eigenvalue weighted by Gasteiger charge is 2.24. The monoisotopic (exact) mass is 412 g/mol. The molecular formula is C22H37O5P. The number of hydrogen-bond donors (Lipinski definition) is 0. The Labute approximate surface area is 170 Å². The Bertz CT molecular complexity index is 602. The first-order valence-corrected chi connectivity index (χ1v) is 11.9. The Morgan fingerprint density at radius 2 is 1.54 bits per heavy atom. The zero-order chi connectivity index (χ0) is 21.0. The van der Waals surface area contributed by atoms with Crippen LogP contribution in [0.15, 0.2) is 24.3 Å². The number of carbonyl (C=O) groups is 1. The number of unbranched alkanes of at least 4 members (excludes halogenated alkanes) is 2. The molecule has 0 radical (unpaired) electrons. The molecule has 6 heteroatoms. The first-order chi connectivity index (χ1) is 13.3. The molecule has 0 aliphatic heterocycles. The maximum atomic E-state index is 12.5. The number of phosphoric ester groups is 1. The standard InChI is InChI=1S/C22H37O5P/c1-6-25-28(24,26-7-2)27-16-10-8-9-11-22(23)19(5)21-14-12-20(13-15-21)17-18(3)4/h12-15,18-19H,6-11,16-17H2,1-5H3. The lowest BCUT2D eigenvalue weighted by Crippen LogP contribution is -2.09. The van der Waals surface area contributed by atoms with Crippen molar-refractivity contribution in [2.45, 2.75) is 72.6 Å². The lowest BCUT2D eigenvalue weighted by atomic mass is 9.92. The lowest BCUT2D eigenvalue weighted by molar-refractivity contribution is -0.120. The van der Waals surface area contributed by atoms with Gasteiger partial charge in [-0.05, 0) is 50.2 Å². The van der Waals surface area contributed by atoms with Gasteiger partial charge in [0.2, 0.25) is 0 Å². The van der Waals surface area contributed by atoms with Crippen LogP contribution in [0, 0.1) is 5.92 Å². The fourth-order valence-electron chi connectivity index (χ4n) is 3.00. The Morgan fingerprint density at radius 1 is 0.929 bits per heavy atom. The fourth-order valence-corrected chi connectivity index (χ4v) is 4.21. The average molecular weight is 413 g/mol. The molecule has 5 nitrogen and oxygen atoms in total. The molecule has 1 aromatic carbocycles. The van der Waals surface area contributed by atoms with Crippen molar-refractivity contribution in [1.82, 2.24) is 0 Å². The summed E-state index contributed by atoms with van der Waals surface area (Å²) < 4.78 is 27.6. The van der Waals surface area contributed by atoms with Crippen molar-refractivity contribution in [3.05, 3.63) is 35.4 Å². The van der Waals surface area contributed by atoms with E-state index < -0.39 is 7.82 Å². The second-order valence-corrected chi connectivity index (χ2v) is 9.12. The molecule has 0 aliphatic rings. The summed E-state index contributed by atoms with van der Waals surface area (Å²) in [5.41, 5.74) is 2.39. The van der Waals surface area contributed by atoms with Crippen LogP contribution >= 0.6 is 7.82 Å². The normalized spacial score (nSPS) is 13.1. The Hall–Kier alpha value is -1.00. The Balaban J connectivity index is 2.31. The number of hydrogen-bond acceptors (Lipinski definition) is 5. The quantitative estimate of drug-likeness (QED) is 0.249. The van der Waals surface area contributed by atoms with Gasteiger partial charge in [0.05, 0.1) is 19.8 Å². The minimum Gasteiger partial charge on any atom is -0.299 e. The predicted molar refractivity (Wildman–Crippen MR) is 114 cm³/mol. The Kier molecular flexibility index (Phi) is 11.9. The minimum absolute atomic E-state index is 0.0829. The maximum absolute atomic E-state index is 12.5. The molecule has 1 aromatic rings. The van der Waals surface area contributed by atoms with Crippen LogP contribution in [0.2, 0.25) is 0 Å². The van der Waals surface area contributed by atoms with Gasteiger partial charge in [-0.1, -0.05) is 51.5 Å². The van der Waals surface area contributed by atoms with Crippen molar-refractivity contribution in [3.63, 3.8) is 0 Å². The second kappa shape index (κ2) is 13.3. The molecule has 0 bridgehead atoms. The zero-order valence-electron chi connectivity index (χ0n) is 18.1. The molecule has 1 atom stereocenters. The van der Waals surface area contributed by atoms with Gasteiger partial charge in [0.1, 0.15) is 5.78 Å². The summed E-state index contributed by atoms with van der Waals surface area (Å²) in [7, 11) is -3.42.